The van der Waals surface area contributed by atoms with Gasteiger partial charge in [-0.3, -0.25) is 4.79 Å². The highest BCUT2D eigenvalue weighted by molar-refractivity contribution is 5.75. The van der Waals surface area contributed by atoms with Crippen molar-refractivity contribution in [2.45, 2.75) is 76.3 Å². The Hall–Kier alpha value is -1.26. The lowest BCUT2D eigenvalue weighted by Gasteiger charge is -2.22. The first-order valence-electron chi connectivity index (χ1n) is 7.95. The number of carbonyl (C=O) groups is 2. The summed E-state index contributed by atoms with van der Waals surface area (Å²) in [7, 11) is 0. The van der Waals surface area contributed by atoms with Crippen molar-refractivity contribution in [2.75, 3.05) is 0 Å². The molecule has 2 saturated carbocycles. The fourth-order valence-electron chi connectivity index (χ4n) is 3.35. The van der Waals surface area contributed by atoms with Crippen molar-refractivity contribution in [3.8, 4) is 0 Å². The van der Waals surface area contributed by atoms with E-state index in [0.29, 0.717) is 12.8 Å². The van der Waals surface area contributed by atoms with Crippen LogP contribution in [0.3, 0.4) is 0 Å². The van der Waals surface area contributed by atoms with Gasteiger partial charge >= 0.3 is 12.0 Å². The largest absolute Gasteiger partial charge is 0.481 e. The minimum absolute atomic E-state index is 0.0182. The number of carbonyl (C=O) groups excluding carboxylic acids is 1. The average Bonchev–Trinajstić information content (AvgIpc) is 2.81. The lowest BCUT2D eigenvalue weighted by Crippen LogP contribution is -2.45. The van der Waals surface area contributed by atoms with Crippen molar-refractivity contribution >= 4 is 12.0 Å². The molecule has 2 aliphatic carbocycles. The quantitative estimate of drug-likeness (QED) is 0.744. The molecule has 0 radical (unpaired) electrons. The Morgan fingerprint density at radius 2 is 1.40 bits per heavy atom. The third kappa shape index (κ3) is 4.69. The van der Waals surface area contributed by atoms with Crippen LogP contribution >= 0.6 is 0 Å². The Balaban J connectivity index is 1.70. The maximum absolute atomic E-state index is 12.0. The topological polar surface area (TPSA) is 78.4 Å². The molecule has 0 aliphatic heterocycles. The van der Waals surface area contributed by atoms with Gasteiger partial charge in [-0.2, -0.15) is 0 Å². The molecule has 20 heavy (non-hydrogen) atoms. The summed E-state index contributed by atoms with van der Waals surface area (Å²) in [6.45, 7) is 0. The van der Waals surface area contributed by atoms with E-state index >= 15 is 0 Å². The molecule has 114 valence electrons. The zero-order valence-corrected chi connectivity index (χ0v) is 12.1. The van der Waals surface area contributed by atoms with E-state index < -0.39 is 5.97 Å². The Labute approximate surface area is 120 Å². The molecule has 5 nitrogen and oxygen atoms in total. The average molecular weight is 282 g/mol. The number of hydrogen-bond donors (Lipinski definition) is 3. The Morgan fingerprint density at radius 1 is 0.800 bits per heavy atom. The third-order valence-corrected chi connectivity index (χ3v) is 4.56. The smallest absolute Gasteiger partial charge is 0.315 e. The van der Waals surface area contributed by atoms with E-state index in [2.05, 4.69) is 10.6 Å². The van der Waals surface area contributed by atoms with Crippen LogP contribution in [0.2, 0.25) is 0 Å². The maximum Gasteiger partial charge on any atom is 0.315 e. The second kappa shape index (κ2) is 7.50. The fraction of sp³-hybridized carbons (Fsp3) is 0.867. The van der Waals surface area contributed by atoms with Gasteiger partial charge in [0.2, 0.25) is 0 Å². The van der Waals surface area contributed by atoms with Gasteiger partial charge in [0.25, 0.3) is 0 Å². The van der Waals surface area contributed by atoms with Crippen molar-refractivity contribution in [2.24, 2.45) is 5.92 Å². The zero-order valence-electron chi connectivity index (χ0n) is 12.1. The van der Waals surface area contributed by atoms with Gasteiger partial charge in [0, 0.05) is 12.1 Å². The van der Waals surface area contributed by atoms with E-state index in [0.717, 1.165) is 19.3 Å². The van der Waals surface area contributed by atoms with Gasteiger partial charge in [-0.15, -0.1) is 0 Å². The highest BCUT2D eigenvalue weighted by atomic mass is 16.4. The van der Waals surface area contributed by atoms with Crippen LogP contribution in [-0.4, -0.2) is 29.2 Å². The van der Waals surface area contributed by atoms with Crippen molar-refractivity contribution in [1.29, 1.82) is 0 Å². The molecule has 0 aromatic rings. The highest BCUT2D eigenvalue weighted by Crippen LogP contribution is 2.25. The summed E-state index contributed by atoms with van der Waals surface area (Å²) >= 11 is 0. The minimum atomic E-state index is -0.741. The summed E-state index contributed by atoms with van der Waals surface area (Å²) in [5.74, 6) is -1.03. The van der Waals surface area contributed by atoms with Gasteiger partial charge in [-0.25, -0.2) is 4.79 Å². The first-order valence-corrected chi connectivity index (χ1v) is 7.95. The van der Waals surface area contributed by atoms with Crippen LogP contribution in [0.4, 0.5) is 4.79 Å². The lowest BCUT2D eigenvalue weighted by molar-refractivity contribution is -0.141. The molecule has 2 rings (SSSR count). The standard InChI is InChI=1S/C15H26N2O3/c18-14(19)11-8-9-13(10-11)17-15(20)16-12-6-4-2-1-3-5-7-12/h11-13H,1-10H2,(H,18,19)(H2,16,17,20). The van der Waals surface area contributed by atoms with E-state index in [1.54, 1.807) is 0 Å². The van der Waals surface area contributed by atoms with Gasteiger partial charge < -0.3 is 15.7 Å². The van der Waals surface area contributed by atoms with E-state index in [9.17, 15) is 9.59 Å². The molecule has 0 heterocycles. The Kier molecular flexibility index (Phi) is 5.68. The van der Waals surface area contributed by atoms with Crippen LogP contribution in [0.1, 0.15) is 64.2 Å². The van der Waals surface area contributed by atoms with Crippen LogP contribution in [0.15, 0.2) is 0 Å². The summed E-state index contributed by atoms with van der Waals surface area (Å²) in [6, 6.07) is 0.184. The van der Waals surface area contributed by atoms with Crippen molar-refractivity contribution in [3.63, 3.8) is 0 Å². The number of urea groups is 1. The number of amides is 2. The van der Waals surface area contributed by atoms with Crippen LogP contribution in [0, 0.1) is 5.92 Å². The Bertz CT molecular complexity index is 338. The molecular weight excluding hydrogens is 256 g/mol. The molecule has 5 heteroatoms. The summed E-state index contributed by atoms with van der Waals surface area (Å²) in [5, 5.41) is 14.9. The van der Waals surface area contributed by atoms with Gasteiger partial charge in [-0.05, 0) is 32.1 Å². The second-order valence-corrected chi connectivity index (χ2v) is 6.20. The van der Waals surface area contributed by atoms with Gasteiger partial charge in [-0.1, -0.05) is 32.1 Å². The number of hydrogen-bond acceptors (Lipinski definition) is 2. The summed E-state index contributed by atoms with van der Waals surface area (Å²) in [6.07, 6.45) is 10.4. The van der Waals surface area contributed by atoms with Crippen LogP contribution in [-0.2, 0) is 4.79 Å². The second-order valence-electron chi connectivity index (χ2n) is 6.20. The molecular formula is C15H26N2O3. The summed E-state index contributed by atoms with van der Waals surface area (Å²) < 4.78 is 0. The number of carboxylic acids is 1. The summed E-state index contributed by atoms with van der Waals surface area (Å²) in [4.78, 5) is 22.9. The third-order valence-electron chi connectivity index (χ3n) is 4.56. The minimum Gasteiger partial charge on any atom is -0.481 e. The number of carboxylic acid groups (broad SMARTS) is 1. The molecule has 2 aliphatic rings. The highest BCUT2D eigenvalue weighted by Gasteiger charge is 2.30. The monoisotopic (exact) mass is 282 g/mol. The van der Waals surface area contributed by atoms with Gasteiger partial charge in [0.1, 0.15) is 0 Å². The van der Waals surface area contributed by atoms with Gasteiger partial charge in [0.15, 0.2) is 0 Å². The zero-order chi connectivity index (χ0) is 14.4. The fourth-order valence-corrected chi connectivity index (χ4v) is 3.35. The summed E-state index contributed by atoms with van der Waals surface area (Å²) in [5.41, 5.74) is 0. The number of nitrogens with one attached hydrogen (secondary N) is 2. The van der Waals surface area contributed by atoms with Crippen LogP contribution < -0.4 is 10.6 Å². The van der Waals surface area contributed by atoms with E-state index in [1.165, 1.54) is 32.1 Å². The van der Waals surface area contributed by atoms with Crippen LogP contribution in [0.25, 0.3) is 0 Å². The molecule has 0 aromatic carbocycles. The number of rotatable bonds is 3. The predicted molar refractivity (Wildman–Crippen MR) is 76.5 cm³/mol. The van der Waals surface area contributed by atoms with E-state index in [1.807, 2.05) is 0 Å². The van der Waals surface area contributed by atoms with Gasteiger partial charge in [0.05, 0.1) is 5.92 Å². The molecule has 2 unspecified atom stereocenters. The lowest BCUT2D eigenvalue weighted by atomic mass is 9.97. The predicted octanol–water partition coefficient (Wildman–Crippen LogP) is 2.65. The van der Waals surface area contributed by atoms with E-state index in [-0.39, 0.29) is 24.0 Å². The first-order chi connectivity index (χ1) is 9.65. The first kappa shape index (κ1) is 15.1. The molecule has 3 N–H and O–H groups in total. The SMILES string of the molecule is O=C(NC1CCCCCCC1)NC1CCC(C(=O)O)C1. The molecule has 0 aromatic heterocycles. The molecule has 2 amide bonds. The molecule has 0 spiro atoms. The van der Waals surface area contributed by atoms with Crippen LogP contribution in [0.5, 0.6) is 0 Å². The van der Waals surface area contributed by atoms with Crippen molar-refractivity contribution in [1.82, 2.24) is 10.6 Å². The van der Waals surface area contributed by atoms with Crippen molar-refractivity contribution < 1.29 is 14.7 Å². The normalized spacial score (nSPS) is 28.4. The molecule has 2 fully saturated rings. The number of aliphatic carboxylic acids is 1. The molecule has 0 bridgehead atoms. The van der Waals surface area contributed by atoms with E-state index in [4.69, 9.17) is 5.11 Å². The van der Waals surface area contributed by atoms with Crippen molar-refractivity contribution in [3.05, 3.63) is 0 Å². The molecule has 0 saturated heterocycles. The maximum atomic E-state index is 12.0. The Morgan fingerprint density at radius 3 is 2.00 bits per heavy atom. The molecule has 2 atom stereocenters.